The second-order valence-electron chi connectivity index (χ2n) is 4.07. The van der Waals surface area contributed by atoms with E-state index in [0.29, 0.717) is 17.0 Å². The predicted molar refractivity (Wildman–Crippen MR) is 64.6 cm³/mol. The lowest BCUT2D eigenvalue weighted by molar-refractivity contribution is -0.385. The van der Waals surface area contributed by atoms with Crippen molar-refractivity contribution in [2.45, 2.75) is 26.3 Å². The molecule has 0 aliphatic carbocycles. The molecule has 2 unspecified atom stereocenters. The predicted octanol–water partition coefficient (Wildman–Crippen LogP) is 2.77. The third-order valence-electron chi connectivity index (χ3n) is 2.68. The number of nitro groups is 1. The summed E-state index contributed by atoms with van der Waals surface area (Å²) in [4.78, 5) is 10.4. The van der Waals surface area contributed by atoms with E-state index in [0.717, 1.165) is 0 Å². The minimum absolute atomic E-state index is 0.00952. The number of hydrogen-bond donors (Lipinski definition) is 1. The minimum atomic E-state index is -0.408. The monoisotopic (exact) mass is 242 g/mol. The van der Waals surface area contributed by atoms with Gasteiger partial charge in [-0.25, -0.2) is 0 Å². The number of nitro benzene ring substituents is 1. The summed E-state index contributed by atoms with van der Waals surface area (Å²) in [5, 5.41) is 11.2. The molecule has 0 bridgehead atoms. The van der Waals surface area contributed by atoms with Crippen LogP contribution < -0.4 is 5.73 Å². The zero-order chi connectivity index (χ0) is 12.3. The Balaban J connectivity index is 2.99. The Morgan fingerprint density at radius 3 is 2.62 bits per heavy atom. The van der Waals surface area contributed by atoms with Crippen LogP contribution in [-0.2, 0) is 6.42 Å². The molecule has 0 heterocycles. The van der Waals surface area contributed by atoms with Crippen molar-refractivity contribution in [1.29, 1.82) is 0 Å². The SMILES string of the molecule is CC(N)C(C)Cc1ccc(Cl)cc1[N+](=O)[O-]. The van der Waals surface area contributed by atoms with Crippen LogP contribution in [0, 0.1) is 16.0 Å². The second-order valence-corrected chi connectivity index (χ2v) is 4.51. The van der Waals surface area contributed by atoms with Gasteiger partial charge in [0, 0.05) is 22.7 Å². The van der Waals surface area contributed by atoms with E-state index >= 15 is 0 Å². The zero-order valence-electron chi connectivity index (χ0n) is 9.31. The smallest absolute Gasteiger partial charge is 0.274 e. The van der Waals surface area contributed by atoms with E-state index in [1.165, 1.54) is 6.07 Å². The summed E-state index contributed by atoms with van der Waals surface area (Å²) in [6, 6.07) is 4.75. The first kappa shape index (κ1) is 12.9. The van der Waals surface area contributed by atoms with E-state index in [2.05, 4.69) is 0 Å². The van der Waals surface area contributed by atoms with Crippen LogP contribution in [-0.4, -0.2) is 11.0 Å². The van der Waals surface area contributed by atoms with E-state index < -0.39 is 4.92 Å². The van der Waals surface area contributed by atoms with Gasteiger partial charge in [0.2, 0.25) is 0 Å². The molecule has 0 aliphatic heterocycles. The number of nitrogens with two attached hydrogens (primary N) is 1. The van der Waals surface area contributed by atoms with Crippen molar-refractivity contribution in [2.24, 2.45) is 11.7 Å². The lowest BCUT2D eigenvalue weighted by Gasteiger charge is -2.15. The van der Waals surface area contributed by atoms with Gasteiger partial charge in [0.1, 0.15) is 0 Å². The molecule has 2 N–H and O–H groups in total. The van der Waals surface area contributed by atoms with Gasteiger partial charge in [0.05, 0.1) is 4.92 Å². The minimum Gasteiger partial charge on any atom is -0.328 e. The first-order valence-corrected chi connectivity index (χ1v) is 5.48. The molecule has 1 rings (SSSR count). The van der Waals surface area contributed by atoms with E-state index in [9.17, 15) is 10.1 Å². The number of benzene rings is 1. The molecule has 0 spiro atoms. The second kappa shape index (κ2) is 5.27. The molecule has 0 aromatic heterocycles. The van der Waals surface area contributed by atoms with Gasteiger partial charge in [-0.15, -0.1) is 0 Å². The first-order valence-electron chi connectivity index (χ1n) is 5.10. The highest BCUT2D eigenvalue weighted by Gasteiger charge is 2.17. The Labute approximate surface area is 99.6 Å². The molecule has 1 aromatic rings. The summed E-state index contributed by atoms with van der Waals surface area (Å²) >= 11 is 5.73. The van der Waals surface area contributed by atoms with Crippen LogP contribution in [0.2, 0.25) is 5.02 Å². The summed E-state index contributed by atoms with van der Waals surface area (Å²) in [6.07, 6.45) is 0.588. The summed E-state index contributed by atoms with van der Waals surface area (Å²) in [6.45, 7) is 3.87. The molecule has 0 saturated heterocycles. The van der Waals surface area contributed by atoms with E-state index in [-0.39, 0.29) is 17.6 Å². The largest absolute Gasteiger partial charge is 0.328 e. The van der Waals surface area contributed by atoms with Crippen molar-refractivity contribution in [1.82, 2.24) is 0 Å². The van der Waals surface area contributed by atoms with Crippen molar-refractivity contribution < 1.29 is 4.92 Å². The average molecular weight is 243 g/mol. The summed E-state index contributed by atoms with van der Waals surface area (Å²) in [5.41, 5.74) is 6.49. The van der Waals surface area contributed by atoms with Crippen molar-refractivity contribution >= 4 is 17.3 Å². The van der Waals surface area contributed by atoms with Crippen LogP contribution in [0.4, 0.5) is 5.69 Å². The highest BCUT2D eigenvalue weighted by molar-refractivity contribution is 6.30. The highest BCUT2D eigenvalue weighted by Crippen LogP contribution is 2.25. The van der Waals surface area contributed by atoms with Crippen LogP contribution in [0.5, 0.6) is 0 Å². The Kier molecular flexibility index (Phi) is 4.26. The van der Waals surface area contributed by atoms with Gasteiger partial charge in [-0.05, 0) is 25.3 Å². The molecule has 0 saturated carbocycles. The zero-order valence-corrected chi connectivity index (χ0v) is 10.1. The van der Waals surface area contributed by atoms with Gasteiger partial charge in [-0.3, -0.25) is 10.1 Å². The molecule has 2 atom stereocenters. The Hall–Kier alpha value is -1.13. The molecule has 5 heteroatoms. The van der Waals surface area contributed by atoms with E-state index in [1.54, 1.807) is 12.1 Å². The molecular formula is C11H15ClN2O2. The first-order chi connectivity index (χ1) is 7.41. The van der Waals surface area contributed by atoms with Gasteiger partial charge >= 0.3 is 0 Å². The Morgan fingerprint density at radius 1 is 1.50 bits per heavy atom. The lowest BCUT2D eigenvalue weighted by Crippen LogP contribution is -2.25. The van der Waals surface area contributed by atoms with Gasteiger partial charge in [-0.2, -0.15) is 0 Å². The summed E-state index contributed by atoms with van der Waals surface area (Å²) < 4.78 is 0. The van der Waals surface area contributed by atoms with Crippen LogP contribution in [0.1, 0.15) is 19.4 Å². The topological polar surface area (TPSA) is 69.2 Å². The number of nitrogens with zero attached hydrogens (tertiary/aromatic N) is 1. The fraction of sp³-hybridized carbons (Fsp3) is 0.455. The molecule has 1 aromatic carbocycles. The van der Waals surface area contributed by atoms with Crippen LogP contribution in [0.3, 0.4) is 0 Å². The Bertz CT molecular complexity index is 394. The summed E-state index contributed by atoms with van der Waals surface area (Å²) in [5.74, 6) is 0.194. The molecule has 88 valence electrons. The highest BCUT2D eigenvalue weighted by atomic mass is 35.5. The molecule has 0 radical (unpaired) electrons. The maximum atomic E-state index is 10.8. The third-order valence-corrected chi connectivity index (χ3v) is 2.92. The van der Waals surface area contributed by atoms with Gasteiger partial charge in [0.25, 0.3) is 5.69 Å². The maximum absolute atomic E-state index is 10.8. The lowest BCUT2D eigenvalue weighted by atomic mass is 9.95. The number of rotatable bonds is 4. The number of halogens is 1. The molecular weight excluding hydrogens is 228 g/mol. The molecule has 0 aliphatic rings. The number of hydrogen-bond acceptors (Lipinski definition) is 3. The quantitative estimate of drug-likeness (QED) is 0.652. The van der Waals surface area contributed by atoms with Crippen LogP contribution in [0.15, 0.2) is 18.2 Å². The fourth-order valence-corrected chi connectivity index (χ4v) is 1.58. The van der Waals surface area contributed by atoms with Gasteiger partial charge in [0.15, 0.2) is 0 Å². The fourth-order valence-electron chi connectivity index (χ4n) is 1.41. The molecule has 0 amide bonds. The van der Waals surface area contributed by atoms with E-state index in [1.807, 2.05) is 13.8 Å². The maximum Gasteiger partial charge on any atom is 0.274 e. The normalized spacial score (nSPS) is 14.5. The van der Waals surface area contributed by atoms with Crippen molar-refractivity contribution in [2.75, 3.05) is 0 Å². The van der Waals surface area contributed by atoms with E-state index in [4.69, 9.17) is 17.3 Å². The van der Waals surface area contributed by atoms with Crippen LogP contribution >= 0.6 is 11.6 Å². The molecule has 0 fully saturated rings. The van der Waals surface area contributed by atoms with Crippen LogP contribution in [0.25, 0.3) is 0 Å². The average Bonchev–Trinajstić information content (AvgIpc) is 2.20. The molecule has 4 nitrogen and oxygen atoms in total. The standard InChI is InChI=1S/C11H15ClN2O2/c1-7(8(2)13)5-9-3-4-10(12)6-11(9)14(15)16/h3-4,6-8H,5,13H2,1-2H3. The van der Waals surface area contributed by atoms with Crippen molar-refractivity contribution in [3.8, 4) is 0 Å². The van der Waals surface area contributed by atoms with Gasteiger partial charge in [-0.1, -0.05) is 24.6 Å². The third kappa shape index (κ3) is 3.18. The van der Waals surface area contributed by atoms with Crippen molar-refractivity contribution in [3.63, 3.8) is 0 Å². The summed E-state index contributed by atoms with van der Waals surface area (Å²) in [7, 11) is 0. The Morgan fingerprint density at radius 2 is 2.12 bits per heavy atom. The van der Waals surface area contributed by atoms with Crippen molar-refractivity contribution in [3.05, 3.63) is 38.9 Å². The van der Waals surface area contributed by atoms with Gasteiger partial charge < -0.3 is 5.73 Å². The molecule has 16 heavy (non-hydrogen) atoms.